The van der Waals surface area contributed by atoms with Crippen molar-refractivity contribution in [3.63, 3.8) is 0 Å². The number of piperidine rings is 1. The molecule has 0 saturated carbocycles. The van der Waals surface area contributed by atoms with E-state index in [1.807, 2.05) is 0 Å². The summed E-state index contributed by atoms with van der Waals surface area (Å²) in [7, 11) is 0. The SMILES string of the molecule is NCC(CN1CCCC(O)C1)C(F)(F)F. The third-order valence-electron chi connectivity index (χ3n) is 2.71. The number of hydrogen-bond acceptors (Lipinski definition) is 3. The predicted octanol–water partition coefficient (Wildman–Crippen LogP) is 0.580. The Hall–Kier alpha value is -0.330. The monoisotopic (exact) mass is 226 g/mol. The molecule has 0 radical (unpaired) electrons. The second-order valence-electron chi connectivity index (χ2n) is 4.03. The Morgan fingerprint density at radius 2 is 2.13 bits per heavy atom. The van der Waals surface area contributed by atoms with E-state index in [2.05, 4.69) is 0 Å². The summed E-state index contributed by atoms with van der Waals surface area (Å²) < 4.78 is 37.2. The average Bonchev–Trinajstić information content (AvgIpc) is 2.12. The quantitative estimate of drug-likeness (QED) is 0.740. The molecule has 3 N–H and O–H groups in total. The lowest BCUT2D eigenvalue weighted by atomic mass is 10.0. The van der Waals surface area contributed by atoms with Gasteiger partial charge >= 0.3 is 6.18 Å². The van der Waals surface area contributed by atoms with Crippen LogP contribution in [0.2, 0.25) is 0 Å². The van der Waals surface area contributed by atoms with Crippen LogP contribution in [0, 0.1) is 5.92 Å². The Bertz CT molecular complexity index is 198. The Labute approximate surface area is 87.0 Å². The molecule has 0 amide bonds. The van der Waals surface area contributed by atoms with Crippen LogP contribution in [-0.4, -0.2) is 48.5 Å². The van der Waals surface area contributed by atoms with E-state index in [9.17, 15) is 18.3 Å². The molecule has 1 rings (SSSR count). The predicted molar refractivity (Wildman–Crippen MR) is 50.3 cm³/mol. The lowest BCUT2D eigenvalue weighted by molar-refractivity contribution is -0.177. The van der Waals surface area contributed by atoms with Gasteiger partial charge in [0.1, 0.15) is 0 Å². The standard InChI is InChI=1S/C9H17F3N2O/c10-9(11,12)7(4-13)5-14-3-1-2-8(15)6-14/h7-8,15H,1-6,13H2. The van der Waals surface area contributed by atoms with Crippen LogP contribution in [0.5, 0.6) is 0 Å². The topological polar surface area (TPSA) is 49.5 Å². The molecule has 90 valence electrons. The van der Waals surface area contributed by atoms with Crippen molar-refractivity contribution in [2.24, 2.45) is 11.7 Å². The van der Waals surface area contributed by atoms with Crippen LogP contribution in [0.3, 0.4) is 0 Å². The third kappa shape index (κ3) is 3.96. The number of alkyl halides is 3. The van der Waals surface area contributed by atoms with Crippen molar-refractivity contribution < 1.29 is 18.3 Å². The van der Waals surface area contributed by atoms with Gasteiger partial charge in [0.05, 0.1) is 12.0 Å². The molecule has 1 fully saturated rings. The average molecular weight is 226 g/mol. The maximum atomic E-state index is 12.4. The molecule has 0 aliphatic carbocycles. The number of likely N-dealkylation sites (tertiary alicyclic amines) is 1. The second-order valence-corrected chi connectivity index (χ2v) is 4.03. The minimum absolute atomic E-state index is 0.100. The fraction of sp³-hybridized carbons (Fsp3) is 1.00. The van der Waals surface area contributed by atoms with Gasteiger partial charge in [-0.15, -0.1) is 0 Å². The highest BCUT2D eigenvalue weighted by atomic mass is 19.4. The van der Waals surface area contributed by atoms with Crippen LogP contribution in [-0.2, 0) is 0 Å². The van der Waals surface area contributed by atoms with Gasteiger partial charge < -0.3 is 15.7 Å². The van der Waals surface area contributed by atoms with Gasteiger partial charge in [-0.2, -0.15) is 13.2 Å². The second kappa shape index (κ2) is 5.14. The van der Waals surface area contributed by atoms with E-state index in [1.54, 1.807) is 4.90 Å². The summed E-state index contributed by atoms with van der Waals surface area (Å²) in [5.41, 5.74) is 5.10. The Morgan fingerprint density at radius 1 is 1.47 bits per heavy atom. The van der Waals surface area contributed by atoms with Crippen molar-refractivity contribution in [1.82, 2.24) is 4.90 Å². The zero-order chi connectivity index (χ0) is 11.5. The van der Waals surface area contributed by atoms with Gasteiger partial charge in [-0.05, 0) is 19.4 Å². The van der Waals surface area contributed by atoms with Gasteiger partial charge in [-0.25, -0.2) is 0 Å². The highest BCUT2D eigenvalue weighted by Gasteiger charge is 2.39. The summed E-state index contributed by atoms with van der Waals surface area (Å²) in [6, 6.07) is 0. The number of nitrogens with zero attached hydrogens (tertiary/aromatic N) is 1. The molecule has 15 heavy (non-hydrogen) atoms. The molecule has 1 heterocycles. The van der Waals surface area contributed by atoms with Crippen LogP contribution >= 0.6 is 0 Å². The molecular formula is C9H17F3N2O. The summed E-state index contributed by atoms with van der Waals surface area (Å²) in [6.07, 6.45) is -3.31. The van der Waals surface area contributed by atoms with Crippen LogP contribution in [0.25, 0.3) is 0 Å². The molecule has 0 bridgehead atoms. The molecule has 0 aromatic rings. The van der Waals surface area contributed by atoms with E-state index < -0.39 is 24.7 Å². The van der Waals surface area contributed by atoms with Gasteiger partial charge in [0, 0.05) is 19.6 Å². The number of halogens is 3. The Balaban J connectivity index is 2.44. The minimum Gasteiger partial charge on any atom is -0.392 e. The molecule has 1 saturated heterocycles. The fourth-order valence-electron chi connectivity index (χ4n) is 1.82. The number of aliphatic hydroxyl groups excluding tert-OH is 1. The highest BCUT2D eigenvalue weighted by Crippen LogP contribution is 2.26. The number of aliphatic hydroxyl groups is 1. The van der Waals surface area contributed by atoms with Gasteiger partial charge in [-0.1, -0.05) is 0 Å². The molecule has 6 heteroatoms. The molecular weight excluding hydrogens is 209 g/mol. The van der Waals surface area contributed by atoms with E-state index in [1.165, 1.54) is 0 Å². The van der Waals surface area contributed by atoms with Gasteiger partial charge in [0.25, 0.3) is 0 Å². The highest BCUT2D eigenvalue weighted by molar-refractivity contribution is 4.78. The molecule has 3 nitrogen and oxygen atoms in total. The summed E-state index contributed by atoms with van der Waals surface area (Å²) >= 11 is 0. The van der Waals surface area contributed by atoms with Crippen molar-refractivity contribution in [2.45, 2.75) is 25.1 Å². The number of β-amino-alcohol motifs (C(OH)–C–C–N with tert-alkyl or cyclic N) is 1. The van der Waals surface area contributed by atoms with Crippen molar-refractivity contribution in [1.29, 1.82) is 0 Å². The van der Waals surface area contributed by atoms with E-state index in [-0.39, 0.29) is 6.54 Å². The van der Waals surface area contributed by atoms with E-state index in [0.717, 1.165) is 6.42 Å². The van der Waals surface area contributed by atoms with Gasteiger partial charge in [0.15, 0.2) is 0 Å². The first-order valence-corrected chi connectivity index (χ1v) is 5.10. The van der Waals surface area contributed by atoms with E-state index in [0.29, 0.717) is 19.5 Å². The van der Waals surface area contributed by atoms with Crippen LogP contribution in [0.1, 0.15) is 12.8 Å². The maximum absolute atomic E-state index is 12.4. The van der Waals surface area contributed by atoms with Crippen molar-refractivity contribution in [3.8, 4) is 0 Å². The van der Waals surface area contributed by atoms with Crippen LogP contribution in [0.15, 0.2) is 0 Å². The largest absolute Gasteiger partial charge is 0.394 e. The third-order valence-corrected chi connectivity index (χ3v) is 2.71. The molecule has 2 atom stereocenters. The van der Waals surface area contributed by atoms with E-state index in [4.69, 9.17) is 5.73 Å². The number of hydrogen-bond donors (Lipinski definition) is 2. The van der Waals surface area contributed by atoms with Gasteiger partial charge in [0.2, 0.25) is 0 Å². The number of nitrogens with two attached hydrogens (primary N) is 1. The summed E-state index contributed by atoms with van der Waals surface area (Å²) in [5, 5.41) is 9.31. The zero-order valence-corrected chi connectivity index (χ0v) is 8.50. The first kappa shape index (κ1) is 12.7. The summed E-state index contributed by atoms with van der Waals surface area (Å²) in [6.45, 7) is 0.448. The van der Waals surface area contributed by atoms with Crippen LogP contribution < -0.4 is 5.73 Å². The Morgan fingerprint density at radius 3 is 2.60 bits per heavy atom. The normalized spacial score (nSPS) is 26.6. The summed E-state index contributed by atoms with van der Waals surface area (Å²) in [5.74, 6) is -1.48. The fourth-order valence-corrected chi connectivity index (χ4v) is 1.82. The molecule has 2 unspecified atom stereocenters. The molecule has 0 aromatic carbocycles. The van der Waals surface area contributed by atoms with Crippen molar-refractivity contribution in [3.05, 3.63) is 0 Å². The number of rotatable bonds is 3. The van der Waals surface area contributed by atoms with Crippen LogP contribution in [0.4, 0.5) is 13.2 Å². The summed E-state index contributed by atoms with van der Waals surface area (Å²) in [4.78, 5) is 1.64. The first-order valence-electron chi connectivity index (χ1n) is 5.10. The van der Waals surface area contributed by atoms with Crippen molar-refractivity contribution >= 4 is 0 Å². The Kier molecular flexibility index (Phi) is 4.36. The van der Waals surface area contributed by atoms with Gasteiger partial charge in [-0.3, -0.25) is 0 Å². The molecule has 1 aliphatic heterocycles. The molecule has 1 aliphatic rings. The van der Waals surface area contributed by atoms with Crippen molar-refractivity contribution in [2.75, 3.05) is 26.2 Å². The maximum Gasteiger partial charge on any atom is 0.394 e. The molecule has 0 aromatic heterocycles. The first-order chi connectivity index (χ1) is 6.93. The zero-order valence-electron chi connectivity index (χ0n) is 8.50. The van der Waals surface area contributed by atoms with E-state index >= 15 is 0 Å². The lowest BCUT2D eigenvalue weighted by Gasteiger charge is -2.33. The minimum atomic E-state index is -4.24. The lowest BCUT2D eigenvalue weighted by Crippen LogP contribution is -2.46. The molecule has 0 spiro atoms. The smallest absolute Gasteiger partial charge is 0.392 e.